The second kappa shape index (κ2) is 9.95. The van der Waals surface area contributed by atoms with Gasteiger partial charge in [0.05, 0.1) is 11.3 Å². The van der Waals surface area contributed by atoms with Gasteiger partial charge < -0.3 is 10.6 Å². The Morgan fingerprint density at radius 1 is 0.833 bits per heavy atom. The fourth-order valence-corrected chi connectivity index (χ4v) is 3.50. The number of amides is 2. The number of hydrogen-bond acceptors (Lipinski definition) is 5. The van der Waals surface area contributed by atoms with E-state index in [9.17, 15) is 22.8 Å². The summed E-state index contributed by atoms with van der Waals surface area (Å²) in [6, 6.07) is 14.4. The van der Waals surface area contributed by atoms with Gasteiger partial charge in [-0.2, -0.15) is 13.2 Å². The number of carbonyl (C=O) groups is 2. The molecule has 1 aromatic carbocycles. The minimum Gasteiger partial charge on any atom is -0.322 e. The van der Waals surface area contributed by atoms with Crippen molar-refractivity contribution in [2.45, 2.75) is 20.0 Å². The van der Waals surface area contributed by atoms with Crippen LogP contribution in [0.1, 0.15) is 28.5 Å². The molecule has 0 fully saturated rings. The molecule has 7 nitrogen and oxygen atoms in total. The van der Waals surface area contributed by atoms with Crippen molar-refractivity contribution < 1.29 is 22.8 Å². The number of alkyl halides is 3. The number of nitrogens with one attached hydrogen (secondary N) is 2. The van der Waals surface area contributed by atoms with Gasteiger partial charge >= 0.3 is 6.18 Å². The van der Waals surface area contributed by atoms with Crippen molar-refractivity contribution in [3.05, 3.63) is 90.0 Å². The Hall–Kier alpha value is -4.60. The lowest BCUT2D eigenvalue weighted by Crippen LogP contribution is -2.14. The summed E-state index contributed by atoms with van der Waals surface area (Å²) in [7, 11) is 0. The van der Waals surface area contributed by atoms with Gasteiger partial charge in [0.2, 0.25) is 5.91 Å². The van der Waals surface area contributed by atoms with E-state index in [2.05, 4.69) is 25.6 Å². The summed E-state index contributed by atoms with van der Waals surface area (Å²) in [5.74, 6) is -0.405. The van der Waals surface area contributed by atoms with Gasteiger partial charge in [0.15, 0.2) is 0 Å². The first-order valence-electron chi connectivity index (χ1n) is 10.8. The third-order valence-electron chi connectivity index (χ3n) is 5.24. The van der Waals surface area contributed by atoms with E-state index < -0.39 is 17.8 Å². The monoisotopic (exact) mass is 491 g/mol. The first-order chi connectivity index (χ1) is 17.1. The number of pyridine rings is 3. The van der Waals surface area contributed by atoms with Crippen molar-refractivity contribution in [2.75, 3.05) is 10.6 Å². The van der Waals surface area contributed by atoms with Crippen LogP contribution in [0.5, 0.6) is 0 Å². The highest BCUT2D eigenvalue weighted by Crippen LogP contribution is 2.30. The molecule has 182 valence electrons. The van der Waals surface area contributed by atoms with Crippen LogP contribution >= 0.6 is 0 Å². The number of aryl methyl sites for hydroxylation is 1. The van der Waals surface area contributed by atoms with Crippen molar-refractivity contribution in [1.82, 2.24) is 15.0 Å². The Morgan fingerprint density at radius 3 is 2.28 bits per heavy atom. The highest BCUT2D eigenvalue weighted by atomic mass is 19.4. The van der Waals surface area contributed by atoms with Crippen molar-refractivity contribution in [3.8, 4) is 22.4 Å². The van der Waals surface area contributed by atoms with Gasteiger partial charge in [0, 0.05) is 36.8 Å². The predicted octanol–water partition coefficient (Wildman–Crippen LogP) is 5.74. The van der Waals surface area contributed by atoms with Gasteiger partial charge in [-0.15, -0.1) is 0 Å². The van der Waals surface area contributed by atoms with E-state index in [0.717, 1.165) is 40.6 Å². The smallest absolute Gasteiger partial charge is 0.322 e. The topological polar surface area (TPSA) is 96.9 Å². The van der Waals surface area contributed by atoms with Crippen LogP contribution in [0.3, 0.4) is 0 Å². The molecule has 0 atom stereocenters. The molecule has 3 heterocycles. The maximum atomic E-state index is 12.7. The maximum absolute atomic E-state index is 12.7. The Bertz CT molecular complexity index is 1440. The fourth-order valence-electron chi connectivity index (χ4n) is 3.50. The summed E-state index contributed by atoms with van der Waals surface area (Å²) in [6.45, 7) is 3.32. The average Bonchev–Trinajstić information content (AvgIpc) is 2.84. The predicted molar refractivity (Wildman–Crippen MR) is 129 cm³/mol. The van der Waals surface area contributed by atoms with Crippen LogP contribution in [0.4, 0.5) is 24.7 Å². The molecule has 0 radical (unpaired) electrons. The molecule has 4 rings (SSSR count). The van der Waals surface area contributed by atoms with Crippen molar-refractivity contribution in [1.29, 1.82) is 0 Å². The first-order valence-corrected chi connectivity index (χ1v) is 10.8. The largest absolute Gasteiger partial charge is 0.433 e. The number of nitrogens with zero attached hydrogens (tertiary/aromatic N) is 3. The summed E-state index contributed by atoms with van der Waals surface area (Å²) < 4.78 is 38.2. The molecule has 0 bridgehead atoms. The summed E-state index contributed by atoms with van der Waals surface area (Å²) in [5.41, 5.74) is 3.43. The second-order valence-electron chi connectivity index (χ2n) is 7.95. The Balaban J connectivity index is 1.59. The highest BCUT2D eigenvalue weighted by Gasteiger charge is 2.32. The Kier molecular flexibility index (Phi) is 6.77. The number of anilines is 2. The first kappa shape index (κ1) is 24.5. The standard InChI is InChI=1S/C26H20F3N5O2/c1-15-3-5-20(34-25(36)19-4-6-23(32-14-19)26(27,28)29)13-21(15)17-7-9-30-22(11-17)18-8-10-31-24(12-18)33-16(2)35/h3-14H,1-2H3,(H,34,36)(H,31,33,35). The van der Waals surface area contributed by atoms with Crippen molar-refractivity contribution in [3.63, 3.8) is 0 Å². The quantitative estimate of drug-likeness (QED) is 0.371. The molecule has 36 heavy (non-hydrogen) atoms. The molecule has 0 aliphatic heterocycles. The lowest BCUT2D eigenvalue weighted by molar-refractivity contribution is -0.141. The zero-order valence-electron chi connectivity index (χ0n) is 19.2. The third-order valence-corrected chi connectivity index (χ3v) is 5.24. The van der Waals surface area contributed by atoms with Gasteiger partial charge in [-0.25, -0.2) is 4.98 Å². The van der Waals surface area contributed by atoms with E-state index in [4.69, 9.17) is 0 Å². The molecular weight excluding hydrogens is 471 g/mol. The maximum Gasteiger partial charge on any atom is 0.433 e. The van der Waals surface area contributed by atoms with Gasteiger partial charge in [-0.05, 0) is 72.1 Å². The number of rotatable bonds is 5. The zero-order valence-corrected chi connectivity index (χ0v) is 19.2. The number of aromatic nitrogens is 3. The van der Waals surface area contributed by atoms with Crippen LogP contribution in [0, 0.1) is 6.92 Å². The van der Waals surface area contributed by atoms with Crippen LogP contribution in [0.2, 0.25) is 0 Å². The van der Waals surface area contributed by atoms with Crippen LogP contribution in [0.25, 0.3) is 22.4 Å². The molecule has 0 unspecified atom stereocenters. The second-order valence-corrected chi connectivity index (χ2v) is 7.95. The number of benzene rings is 1. The average molecular weight is 491 g/mol. The Morgan fingerprint density at radius 2 is 1.58 bits per heavy atom. The van der Waals surface area contributed by atoms with Gasteiger partial charge in [0.25, 0.3) is 5.91 Å². The van der Waals surface area contributed by atoms with Crippen LogP contribution in [-0.4, -0.2) is 26.8 Å². The van der Waals surface area contributed by atoms with Crippen LogP contribution in [0.15, 0.2) is 73.2 Å². The normalized spacial score (nSPS) is 11.1. The molecule has 10 heteroatoms. The number of carbonyl (C=O) groups excluding carboxylic acids is 2. The SMILES string of the molecule is CC(=O)Nc1cc(-c2cc(-c3cc(NC(=O)c4ccc(C(F)(F)F)nc4)ccc3C)ccn2)ccn1. The molecule has 0 saturated heterocycles. The van der Waals surface area contributed by atoms with Crippen molar-refractivity contribution >= 4 is 23.3 Å². The molecule has 2 N–H and O–H groups in total. The zero-order chi connectivity index (χ0) is 25.9. The van der Waals surface area contributed by atoms with Gasteiger partial charge in [-0.1, -0.05) is 6.07 Å². The number of hydrogen-bond donors (Lipinski definition) is 2. The van der Waals surface area contributed by atoms with Gasteiger partial charge in [0.1, 0.15) is 11.5 Å². The van der Waals surface area contributed by atoms with Crippen molar-refractivity contribution in [2.24, 2.45) is 0 Å². The van der Waals surface area contributed by atoms with E-state index in [1.165, 1.54) is 6.92 Å². The molecule has 4 aromatic rings. The molecule has 0 saturated carbocycles. The van der Waals surface area contributed by atoms with Crippen LogP contribution < -0.4 is 10.6 Å². The van der Waals surface area contributed by atoms with E-state index in [1.54, 1.807) is 36.7 Å². The summed E-state index contributed by atoms with van der Waals surface area (Å²) in [4.78, 5) is 35.8. The fraction of sp³-hybridized carbons (Fsp3) is 0.115. The molecule has 2 amide bonds. The minimum atomic E-state index is -4.58. The lowest BCUT2D eigenvalue weighted by Gasteiger charge is -2.12. The highest BCUT2D eigenvalue weighted by molar-refractivity contribution is 6.04. The molecular formula is C26H20F3N5O2. The summed E-state index contributed by atoms with van der Waals surface area (Å²) in [6.07, 6.45) is -0.452. The molecule has 0 aliphatic carbocycles. The van der Waals surface area contributed by atoms with Crippen LogP contribution in [-0.2, 0) is 11.0 Å². The lowest BCUT2D eigenvalue weighted by atomic mass is 9.99. The van der Waals surface area contributed by atoms with E-state index in [0.29, 0.717) is 17.2 Å². The minimum absolute atomic E-state index is 0.00369. The summed E-state index contributed by atoms with van der Waals surface area (Å²) in [5, 5.41) is 5.34. The summed E-state index contributed by atoms with van der Waals surface area (Å²) >= 11 is 0. The number of halogens is 3. The van der Waals surface area contributed by atoms with Gasteiger partial charge in [-0.3, -0.25) is 19.6 Å². The Labute approximate surface area is 204 Å². The molecule has 3 aromatic heterocycles. The molecule has 0 spiro atoms. The van der Waals surface area contributed by atoms with E-state index >= 15 is 0 Å². The third kappa shape index (κ3) is 5.72. The van der Waals surface area contributed by atoms with E-state index in [-0.39, 0.29) is 11.5 Å². The van der Waals surface area contributed by atoms with E-state index in [1.807, 2.05) is 25.1 Å². The molecule has 0 aliphatic rings.